The molecule has 0 radical (unpaired) electrons. The molecule has 0 aromatic carbocycles. The van der Waals surface area contributed by atoms with E-state index in [9.17, 15) is 14.7 Å². The van der Waals surface area contributed by atoms with Gasteiger partial charge in [-0.1, -0.05) is 12.8 Å². The summed E-state index contributed by atoms with van der Waals surface area (Å²) < 4.78 is 0. The monoisotopic (exact) mass is 296 g/mol. The summed E-state index contributed by atoms with van der Waals surface area (Å²) in [6.07, 6.45) is 7.02. The number of carbonyl (C=O) groups is 2. The van der Waals surface area contributed by atoms with E-state index in [1.807, 2.05) is 16.7 Å². The number of hydrogen-bond donors (Lipinski definition) is 1. The molecule has 1 N–H and O–H groups in total. The highest BCUT2D eigenvalue weighted by Gasteiger charge is 2.45. The van der Waals surface area contributed by atoms with Crippen molar-refractivity contribution in [2.45, 2.75) is 70.4 Å². The number of rotatable bonds is 3. The van der Waals surface area contributed by atoms with E-state index in [4.69, 9.17) is 0 Å². The fraction of sp³-hybridized carbons (Fsp3) is 0.875. The lowest BCUT2D eigenvalue weighted by atomic mass is 9.87. The van der Waals surface area contributed by atoms with Crippen LogP contribution >= 0.6 is 0 Å². The maximum Gasteiger partial charge on any atom is 0.323 e. The van der Waals surface area contributed by atoms with Crippen LogP contribution in [0.25, 0.3) is 0 Å². The quantitative estimate of drug-likeness (QED) is 0.866. The van der Waals surface area contributed by atoms with Gasteiger partial charge >= 0.3 is 5.97 Å². The fourth-order valence-electron chi connectivity index (χ4n) is 3.68. The Balaban J connectivity index is 2.10. The second-order valence-electron chi connectivity index (χ2n) is 6.64. The smallest absolute Gasteiger partial charge is 0.323 e. The minimum absolute atomic E-state index is 0.103. The molecule has 0 aliphatic carbocycles. The van der Waals surface area contributed by atoms with Crippen molar-refractivity contribution < 1.29 is 14.7 Å². The molecule has 0 aromatic rings. The predicted octanol–water partition coefficient (Wildman–Crippen LogP) is 2.11. The molecule has 120 valence electrons. The number of likely N-dealkylation sites (tertiary alicyclic amines) is 2. The fourth-order valence-corrected chi connectivity index (χ4v) is 3.68. The van der Waals surface area contributed by atoms with E-state index in [1.54, 1.807) is 6.92 Å². The molecule has 21 heavy (non-hydrogen) atoms. The van der Waals surface area contributed by atoms with Gasteiger partial charge in [-0.2, -0.15) is 0 Å². The van der Waals surface area contributed by atoms with Crippen molar-refractivity contribution >= 4 is 11.9 Å². The molecule has 2 fully saturated rings. The first kappa shape index (κ1) is 16.3. The van der Waals surface area contributed by atoms with Crippen LogP contribution in [0.5, 0.6) is 0 Å². The van der Waals surface area contributed by atoms with E-state index < -0.39 is 11.5 Å². The lowest BCUT2D eigenvalue weighted by Crippen LogP contribution is -2.61. The molecule has 2 rings (SSSR count). The number of aliphatic carboxylic acids is 1. The highest BCUT2D eigenvalue weighted by molar-refractivity contribution is 5.84. The SMILES string of the molecule is CC(C(=O)N1CCCCCC1)N1CCCCC1(C)C(=O)O. The van der Waals surface area contributed by atoms with E-state index in [2.05, 4.69) is 0 Å². The van der Waals surface area contributed by atoms with Crippen molar-refractivity contribution in [3.8, 4) is 0 Å². The van der Waals surface area contributed by atoms with Gasteiger partial charge in [0, 0.05) is 19.6 Å². The second-order valence-corrected chi connectivity index (χ2v) is 6.64. The van der Waals surface area contributed by atoms with Gasteiger partial charge in [0.15, 0.2) is 0 Å². The van der Waals surface area contributed by atoms with Crippen LogP contribution in [0.3, 0.4) is 0 Å². The van der Waals surface area contributed by atoms with E-state index in [1.165, 1.54) is 12.8 Å². The molecule has 0 saturated carbocycles. The lowest BCUT2D eigenvalue weighted by Gasteiger charge is -2.45. The average Bonchev–Trinajstić information content (AvgIpc) is 2.75. The van der Waals surface area contributed by atoms with Crippen LogP contribution in [-0.4, -0.2) is 58.0 Å². The second kappa shape index (κ2) is 6.77. The zero-order chi connectivity index (χ0) is 15.5. The summed E-state index contributed by atoms with van der Waals surface area (Å²) >= 11 is 0. The maximum atomic E-state index is 12.8. The van der Waals surface area contributed by atoms with Crippen molar-refractivity contribution in [2.75, 3.05) is 19.6 Å². The summed E-state index contributed by atoms with van der Waals surface area (Å²) in [7, 11) is 0. The van der Waals surface area contributed by atoms with Gasteiger partial charge in [0.25, 0.3) is 0 Å². The summed E-state index contributed by atoms with van der Waals surface area (Å²) in [5.74, 6) is -0.705. The van der Waals surface area contributed by atoms with Crippen molar-refractivity contribution in [3.63, 3.8) is 0 Å². The van der Waals surface area contributed by atoms with E-state index in [0.29, 0.717) is 13.0 Å². The van der Waals surface area contributed by atoms with Gasteiger partial charge in [-0.15, -0.1) is 0 Å². The first-order valence-corrected chi connectivity index (χ1v) is 8.26. The molecule has 0 spiro atoms. The Morgan fingerprint density at radius 2 is 1.57 bits per heavy atom. The normalized spacial score (nSPS) is 29.7. The van der Waals surface area contributed by atoms with Gasteiger partial charge in [0.1, 0.15) is 5.54 Å². The molecular weight excluding hydrogens is 268 g/mol. The van der Waals surface area contributed by atoms with Crippen molar-refractivity contribution in [3.05, 3.63) is 0 Å². The highest BCUT2D eigenvalue weighted by Crippen LogP contribution is 2.30. The van der Waals surface area contributed by atoms with Crippen LogP contribution in [0, 0.1) is 0 Å². The van der Waals surface area contributed by atoms with Crippen molar-refractivity contribution in [1.82, 2.24) is 9.80 Å². The molecule has 5 heteroatoms. The minimum atomic E-state index is -0.904. The standard InChI is InChI=1S/C16H28N2O3/c1-13(14(19)17-10-6-3-4-7-11-17)18-12-8-5-9-16(18,2)15(20)21/h13H,3-12H2,1-2H3,(H,20,21). The highest BCUT2D eigenvalue weighted by atomic mass is 16.4. The third kappa shape index (κ3) is 3.39. The molecular formula is C16H28N2O3. The summed E-state index contributed by atoms with van der Waals surface area (Å²) in [5.41, 5.74) is -0.904. The van der Waals surface area contributed by atoms with Crippen molar-refractivity contribution in [2.24, 2.45) is 0 Å². The molecule has 2 aliphatic rings. The largest absolute Gasteiger partial charge is 0.480 e. The van der Waals surface area contributed by atoms with Crippen molar-refractivity contribution in [1.29, 1.82) is 0 Å². The summed E-state index contributed by atoms with van der Waals surface area (Å²) in [5, 5.41) is 9.59. The molecule has 2 saturated heterocycles. The molecule has 2 heterocycles. The van der Waals surface area contributed by atoms with E-state index in [-0.39, 0.29) is 11.9 Å². The molecule has 0 bridgehead atoms. The Labute approximate surface area is 127 Å². The molecule has 0 aromatic heterocycles. The van der Waals surface area contributed by atoms with Crippen LogP contribution in [0.1, 0.15) is 58.8 Å². The number of carboxylic acid groups (broad SMARTS) is 1. The number of amides is 1. The van der Waals surface area contributed by atoms with E-state index in [0.717, 1.165) is 38.8 Å². The molecule has 5 nitrogen and oxygen atoms in total. The maximum absolute atomic E-state index is 12.8. The number of carbonyl (C=O) groups excluding carboxylic acids is 1. The van der Waals surface area contributed by atoms with Gasteiger partial charge in [0.05, 0.1) is 6.04 Å². The third-order valence-electron chi connectivity index (χ3n) is 5.15. The molecule has 1 amide bonds. The molecule has 2 atom stereocenters. The topological polar surface area (TPSA) is 60.9 Å². The molecule has 2 aliphatic heterocycles. The summed E-state index contributed by atoms with van der Waals surface area (Å²) in [4.78, 5) is 28.3. The number of piperidine rings is 1. The van der Waals surface area contributed by atoms with Gasteiger partial charge < -0.3 is 10.0 Å². The summed E-state index contributed by atoms with van der Waals surface area (Å²) in [6.45, 7) is 5.98. The number of hydrogen-bond acceptors (Lipinski definition) is 3. The zero-order valence-corrected chi connectivity index (χ0v) is 13.3. The van der Waals surface area contributed by atoms with Gasteiger partial charge in [0.2, 0.25) is 5.91 Å². The third-order valence-corrected chi connectivity index (χ3v) is 5.15. The number of carboxylic acids is 1. The Bertz CT molecular complexity index is 391. The van der Waals surface area contributed by atoms with Crippen LogP contribution in [0.4, 0.5) is 0 Å². The zero-order valence-electron chi connectivity index (χ0n) is 13.3. The summed E-state index contributed by atoms with van der Waals surface area (Å²) in [6, 6.07) is -0.343. The number of nitrogens with zero attached hydrogens (tertiary/aromatic N) is 2. The average molecular weight is 296 g/mol. The predicted molar refractivity (Wildman–Crippen MR) is 81.1 cm³/mol. The first-order valence-electron chi connectivity index (χ1n) is 8.26. The Morgan fingerprint density at radius 1 is 1.00 bits per heavy atom. The van der Waals surface area contributed by atoms with Crippen LogP contribution in [0.2, 0.25) is 0 Å². The van der Waals surface area contributed by atoms with Crippen LogP contribution < -0.4 is 0 Å². The minimum Gasteiger partial charge on any atom is -0.480 e. The lowest BCUT2D eigenvalue weighted by molar-refractivity contribution is -0.158. The van der Waals surface area contributed by atoms with E-state index >= 15 is 0 Å². The Hall–Kier alpha value is -1.10. The van der Waals surface area contributed by atoms with Gasteiger partial charge in [-0.05, 0) is 46.0 Å². The Morgan fingerprint density at radius 3 is 2.14 bits per heavy atom. The Kier molecular flexibility index (Phi) is 5.25. The van der Waals surface area contributed by atoms with Gasteiger partial charge in [-0.3, -0.25) is 14.5 Å². The van der Waals surface area contributed by atoms with Gasteiger partial charge in [-0.25, -0.2) is 0 Å². The first-order chi connectivity index (χ1) is 9.97. The molecule has 2 unspecified atom stereocenters. The van der Waals surface area contributed by atoms with Crippen LogP contribution in [-0.2, 0) is 9.59 Å². The van der Waals surface area contributed by atoms with Crippen LogP contribution in [0.15, 0.2) is 0 Å².